The van der Waals surface area contributed by atoms with Gasteiger partial charge in [0.25, 0.3) is 0 Å². The summed E-state index contributed by atoms with van der Waals surface area (Å²) in [5, 5.41) is 7.32. The van der Waals surface area contributed by atoms with E-state index in [1.807, 2.05) is 13.8 Å². The molecule has 0 radical (unpaired) electrons. The van der Waals surface area contributed by atoms with Crippen LogP contribution in [0.15, 0.2) is 24.3 Å². The number of rotatable bonds is 4. The molecule has 0 unspecified atom stereocenters. The molecule has 1 aliphatic heterocycles. The maximum absolute atomic E-state index is 12.3. The number of thiazole rings is 1. The summed E-state index contributed by atoms with van der Waals surface area (Å²) >= 11 is 3.42. The van der Waals surface area contributed by atoms with Crippen LogP contribution >= 0.6 is 23.1 Å². The van der Waals surface area contributed by atoms with Crippen molar-refractivity contribution in [3.63, 3.8) is 0 Å². The monoisotopic (exact) mass is 347 g/mol. The average Bonchev–Trinajstić information content (AvgIpc) is 3.17. The van der Waals surface area contributed by atoms with Crippen LogP contribution in [0.1, 0.15) is 29.1 Å². The number of hydrogen-bond acceptors (Lipinski definition) is 5. The molecule has 6 heteroatoms. The maximum Gasteiger partial charge on any atom is 0.238 e. The zero-order valence-electron chi connectivity index (χ0n) is 13.6. The van der Waals surface area contributed by atoms with Crippen molar-refractivity contribution in [2.24, 2.45) is 0 Å². The standard InChI is InChI=1S/C17H21N3OS2/c1-10-4-6-13(7-5-10)17-20-12(3)15(23-17)11(2)19-16(21)14-8-22-9-18-14/h4-7,11,14,18H,8-9H2,1-3H3,(H,19,21)/t11-,14+/m1/s1. The molecule has 0 bridgehead atoms. The Hall–Kier alpha value is -1.37. The van der Waals surface area contributed by atoms with Gasteiger partial charge in [-0.2, -0.15) is 0 Å². The maximum atomic E-state index is 12.3. The first-order valence-electron chi connectivity index (χ1n) is 7.70. The minimum absolute atomic E-state index is 0.0217. The summed E-state index contributed by atoms with van der Waals surface area (Å²) in [7, 11) is 0. The Kier molecular flexibility index (Phi) is 5.04. The predicted octanol–water partition coefficient (Wildman–Crippen LogP) is 3.27. The van der Waals surface area contributed by atoms with Gasteiger partial charge in [0, 0.05) is 17.2 Å². The number of carbonyl (C=O) groups is 1. The van der Waals surface area contributed by atoms with Crippen LogP contribution in [-0.4, -0.2) is 28.6 Å². The lowest BCUT2D eigenvalue weighted by molar-refractivity contribution is -0.123. The number of carbonyl (C=O) groups excluding carboxylic acids is 1. The topological polar surface area (TPSA) is 54.0 Å². The molecule has 0 spiro atoms. The summed E-state index contributed by atoms with van der Waals surface area (Å²) < 4.78 is 0. The van der Waals surface area contributed by atoms with Gasteiger partial charge in [0.05, 0.1) is 22.7 Å². The number of aryl methyl sites for hydroxylation is 2. The minimum Gasteiger partial charge on any atom is -0.347 e. The zero-order valence-corrected chi connectivity index (χ0v) is 15.2. The second-order valence-corrected chi connectivity index (χ2v) is 7.90. The van der Waals surface area contributed by atoms with Gasteiger partial charge >= 0.3 is 0 Å². The van der Waals surface area contributed by atoms with E-state index in [9.17, 15) is 4.79 Å². The molecule has 1 aromatic heterocycles. The zero-order chi connectivity index (χ0) is 16.4. The van der Waals surface area contributed by atoms with Gasteiger partial charge in [-0.05, 0) is 20.8 Å². The van der Waals surface area contributed by atoms with Crippen molar-refractivity contribution >= 4 is 29.0 Å². The molecule has 23 heavy (non-hydrogen) atoms. The number of nitrogens with one attached hydrogen (secondary N) is 2. The van der Waals surface area contributed by atoms with E-state index >= 15 is 0 Å². The molecule has 1 fully saturated rings. The van der Waals surface area contributed by atoms with Crippen LogP contribution in [0.3, 0.4) is 0 Å². The molecule has 2 aromatic rings. The SMILES string of the molecule is Cc1ccc(-c2nc(C)c([C@@H](C)NC(=O)[C@@H]3CSCN3)s2)cc1. The van der Waals surface area contributed by atoms with Crippen LogP contribution in [0, 0.1) is 13.8 Å². The van der Waals surface area contributed by atoms with Crippen molar-refractivity contribution < 1.29 is 4.79 Å². The fourth-order valence-electron chi connectivity index (χ4n) is 2.57. The lowest BCUT2D eigenvalue weighted by Crippen LogP contribution is -2.42. The highest BCUT2D eigenvalue weighted by Crippen LogP contribution is 2.32. The third kappa shape index (κ3) is 3.76. The summed E-state index contributed by atoms with van der Waals surface area (Å²) in [6.07, 6.45) is 0. The van der Waals surface area contributed by atoms with E-state index in [-0.39, 0.29) is 18.0 Å². The molecule has 3 rings (SSSR count). The predicted molar refractivity (Wildman–Crippen MR) is 97.8 cm³/mol. The van der Waals surface area contributed by atoms with Gasteiger partial charge in [-0.15, -0.1) is 23.1 Å². The molecule has 0 saturated carbocycles. The first-order valence-corrected chi connectivity index (χ1v) is 9.67. The van der Waals surface area contributed by atoms with Gasteiger partial charge in [0.15, 0.2) is 0 Å². The van der Waals surface area contributed by atoms with Gasteiger partial charge in [-0.3, -0.25) is 10.1 Å². The Labute approximate surface area is 145 Å². The van der Waals surface area contributed by atoms with Gasteiger partial charge in [-0.25, -0.2) is 4.98 Å². The summed E-state index contributed by atoms with van der Waals surface area (Å²) in [6, 6.07) is 8.29. The number of aromatic nitrogens is 1. The van der Waals surface area contributed by atoms with Crippen LogP contribution < -0.4 is 10.6 Å². The Morgan fingerprint density at radius 1 is 1.35 bits per heavy atom. The Bertz CT molecular complexity index is 690. The summed E-state index contributed by atoms with van der Waals surface area (Å²) in [4.78, 5) is 18.1. The Morgan fingerprint density at radius 2 is 2.09 bits per heavy atom. The third-order valence-electron chi connectivity index (χ3n) is 3.92. The number of nitrogens with zero attached hydrogens (tertiary/aromatic N) is 1. The van der Waals surface area contributed by atoms with E-state index in [4.69, 9.17) is 0 Å². The molecular formula is C17H21N3OS2. The molecule has 0 aliphatic carbocycles. The molecular weight excluding hydrogens is 326 g/mol. The molecule has 2 atom stereocenters. The van der Waals surface area contributed by atoms with Gasteiger partial charge in [0.1, 0.15) is 5.01 Å². The van der Waals surface area contributed by atoms with Gasteiger partial charge in [0.2, 0.25) is 5.91 Å². The second kappa shape index (κ2) is 7.03. The van der Waals surface area contributed by atoms with Crippen LogP contribution in [0.2, 0.25) is 0 Å². The van der Waals surface area contributed by atoms with Crippen molar-refractivity contribution in [3.8, 4) is 10.6 Å². The fourth-order valence-corrected chi connectivity index (χ4v) is 4.59. The van der Waals surface area contributed by atoms with Crippen molar-refractivity contribution in [2.75, 3.05) is 11.6 Å². The minimum atomic E-state index is -0.0766. The van der Waals surface area contributed by atoms with Gasteiger partial charge in [-0.1, -0.05) is 29.8 Å². The fraction of sp³-hybridized carbons (Fsp3) is 0.412. The summed E-state index contributed by atoms with van der Waals surface area (Å²) in [6.45, 7) is 6.12. The number of amides is 1. The van der Waals surface area contributed by atoms with Crippen molar-refractivity contribution in [1.29, 1.82) is 0 Å². The van der Waals surface area contributed by atoms with Crippen LogP contribution in [0.25, 0.3) is 10.6 Å². The highest BCUT2D eigenvalue weighted by atomic mass is 32.2. The molecule has 1 amide bonds. The number of benzene rings is 1. The van der Waals surface area contributed by atoms with E-state index in [1.54, 1.807) is 23.1 Å². The third-order valence-corrected chi connectivity index (χ3v) is 6.24. The lowest BCUT2D eigenvalue weighted by atomic mass is 10.2. The molecule has 2 heterocycles. The van der Waals surface area contributed by atoms with E-state index < -0.39 is 0 Å². The molecule has 2 N–H and O–H groups in total. The first kappa shape index (κ1) is 16.5. The van der Waals surface area contributed by atoms with Crippen molar-refractivity contribution in [2.45, 2.75) is 32.9 Å². The first-order chi connectivity index (χ1) is 11.0. The van der Waals surface area contributed by atoms with Crippen molar-refractivity contribution in [3.05, 3.63) is 40.4 Å². The van der Waals surface area contributed by atoms with Crippen molar-refractivity contribution in [1.82, 2.24) is 15.6 Å². The second-order valence-electron chi connectivity index (χ2n) is 5.84. The molecule has 1 saturated heterocycles. The quantitative estimate of drug-likeness (QED) is 0.891. The van der Waals surface area contributed by atoms with E-state index in [0.29, 0.717) is 0 Å². The van der Waals surface area contributed by atoms with Gasteiger partial charge < -0.3 is 5.32 Å². The van der Waals surface area contributed by atoms with E-state index in [0.717, 1.165) is 32.8 Å². The van der Waals surface area contributed by atoms with E-state index in [1.165, 1.54) is 5.56 Å². The summed E-state index contributed by atoms with van der Waals surface area (Å²) in [5.74, 6) is 1.77. The average molecular weight is 348 g/mol. The lowest BCUT2D eigenvalue weighted by Gasteiger charge is -2.16. The normalized spacial score (nSPS) is 18.8. The highest BCUT2D eigenvalue weighted by Gasteiger charge is 2.25. The number of hydrogen-bond donors (Lipinski definition) is 2. The number of thioether (sulfide) groups is 1. The van der Waals surface area contributed by atoms with Crippen LogP contribution in [0.5, 0.6) is 0 Å². The largest absolute Gasteiger partial charge is 0.347 e. The summed E-state index contributed by atoms with van der Waals surface area (Å²) in [5.41, 5.74) is 3.36. The van der Waals surface area contributed by atoms with Crippen LogP contribution in [0.4, 0.5) is 0 Å². The molecule has 4 nitrogen and oxygen atoms in total. The molecule has 122 valence electrons. The Balaban J connectivity index is 1.74. The molecule has 1 aliphatic rings. The Morgan fingerprint density at radius 3 is 2.74 bits per heavy atom. The van der Waals surface area contributed by atoms with E-state index in [2.05, 4.69) is 46.8 Å². The van der Waals surface area contributed by atoms with Crippen LogP contribution in [-0.2, 0) is 4.79 Å². The molecule has 1 aromatic carbocycles. The highest BCUT2D eigenvalue weighted by molar-refractivity contribution is 7.99. The smallest absolute Gasteiger partial charge is 0.238 e.